The molecule has 0 aromatic carbocycles. The molecule has 82 valence electrons. The molecule has 5 nitrogen and oxygen atoms in total. The Morgan fingerprint density at radius 2 is 2.20 bits per heavy atom. The molecule has 15 heavy (non-hydrogen) atoms. The zero-order valence-electron chi connectivity index (χ0n) is 7.92. The molecule has 0 saturated heterocycles. The standard InChI is InChI=1S/C9H10ClNO4/c1-15-9(14)8(13)7(12)6-3-2-5(10)4-11-6/h2-4,7-8,12-13H,1H3. The van der Waals surface area contributed by atoms with Gasteiger partial charge in [-0.25, -0.2) is 4.79 Å². The van der Waals surface area contributed by atoms with Gasteiger partial charge in [0.15, 0.2) is 6.10 Å². The van der Waals surface area contributed by atoms with Crippen LogP contribution in [0.1, 0.15) is 11.8 Å². The highest BCUT2D eigenvalue weighted by Crippen LogP contribution is 2.17. The average molecular weight is 232 g/mol. The second-order valence-corrected chi connectivity index (χ2v) is 3.25. The van der Waals surface area contributed by atoms with Crippen molar-refractivity contribution < 1.29 is 19.7 Å². The van der Waals surface area contributed by atoms with E-state index in [0.29, 0.717) is 5.02 Å². The Balaban J connectivity index is 2.80. The maximum atomic E-state index is 10.9. The number of nitrogens with zero attached hydrogens (tertiary/aromatic N) is 1. The molecule has 0 aliphatic rings. The van der Waals surface area contributed by atoms with Gasteiger partial charge in [-0.2, -0.15) is 0 Å². The lowest BCUT2D eigenvalue weighted by Gasteiger charge is -2.14. The number of methoxy groups -OCH3 is 1. The molecule has 1 aromatic rings. The quantitative estimate of drug-likeness (QED) is 0.732. The molecule has 0 aliphatic heterocycles. The fraction of sp³-hybridized carbons (Fsp3) is 0.333. The predicted molar refractivity (Wildman–Crippen MR) is 52.2 cm³/mol. The van der Waals surface area contributed by atoms with Crippen LogP contribution in [0.25, 0.3) is 0 Å². The van der Waals surface area contributed by atoms with Crippen LogP contribution in [0.15, 0.2) is 18.3 Å². The molecule has 0 saturated carbocycles. The molecule has 1 heterocycles. The smallest absolute Gasteiger partial charge is 0.337 e. The molecule has 0 spiro atoms. The molecule has 0 radical (unpaired) electrons. The number of hydrogen-bond acceptors (Lipinski definition) is 5. The van der Waals surface area contributed by atoms with Crippen LogP contribution in [0.2, 0.25) is 5.02 Å². The number of carbonyl (C=O) groups excluding carboxylic acids is 1. The lowest BCUT2D eigenvalue weighted by Crippen LogP contribution is -2.29. The first-order valence-electron chi connectivity index (χ1n) is 4.11. The Bertz CT molecular complexity index is 340. The van der Waals surface area contributed by atoms with Crippen molar-refractivity contribution in [3.63, 3.8) is 0 Å². The highest BCUT2D eigenvalue weighted by molar-refractivity contribution is 6.30. The average Bonchev–Trinajstić information content (AvgIpc) is 2.27. The largest absolute Gasteiger partial charge is 0.467 e. The third-order valence-corrected chi connectivity index (χ3v) is 2.02. The minimum absolute atomic E-state index is 0.150. The Kier molecular flexibility index (Phi) is 4.02. The number of aromatic nitrogens is 1. The number of rotatable bonds is 3. The molecule has 1 aromatic heterocycles. The van der Waals surface area contributed by atoms with E-state index in [1.807, 2.05) is 0 Å². The van der Waals surface area contributed by atoms with Gasteiger partial charge in [-0.1, -0.05) is 11.6 Å². The molecule has 0 fully saturated rings. The highest BCUT2D eigenvalue weighted by atomic mass is 35.5. The van der Waals surface area contributed by atoms with Crippen LogP contribution in [-0.2, 0) is 9.53 Å². The van der Waals surface area contributed by atoms with Crippen molar-refractivity contribution in [2.75, 3.05) is 7.11 Å². The predicted octanol–water partition coefficient (Wildman–Crippen LogP) is 0.302. The Labute approximate surface area is 91.3 Å². The van der Waals surface area contributed by atoms with Gasteiger partial charge >= 0.3 is 5.97 Å². The molecular weight excluding hydrogens is 222 g/mol. The monoisotopic (exact) mass is 231 g/mol. The molecule has 0 aliphatic carbocycles. The molecule has 1 rings (SSSR count). The maximum Gasteiger partial charge on any atom is 0.337 e. The molecule has 2 unspecified atom stereocenters. The van der Waals surface area contributed by atoms with Crippen molar-refractivity contribution >= 4 is 17.6 Å². The van der Waals surface area contributed by atoms with Gasteiger partial charge in [0.2, 0.25) is 0 Å². The summed E-state index contributed by atoms with van der Waals surface area (Å²) < 4.78 is 4.28. The fourth-order valence-corrected chi connectivity index (χ4v) is 1.09. The van der Waals surface area contributed by atoms with Gasteiger partial charge in [-0.05, 0) is 12.1 Å². The maximum absolute atomic E-state index is 10.9. The van der Waals surface area contributed by atoms with Crippen LogP contribution < -0.4 is 0 Å². The number of aliphatic hydroxyl groups excluding tert-OH is 2. The van der Waals surface area contributed by atoms with Crippen molar-refractivity contribution in [3.8, 4) is 0 Å². The summed E-state index contributed by atoms with van der Waals surface area (Å²) in [5, 5.41) is 19.2. The Morgan fingerprint density at radius 1 is 1.53 bits per heavy atom. The van der Waals surface area contributed by atoms with Crippen molar-refractivity contribution in [2.45, 2.75) is 12.2 Å². The van der Waals surface area contributed by atoms with Crippen LogP contribution in [-0.4, -0.2) is 34.4 Å². The number of carbonyl (C=O) groups is 1. The van der Waals surface area contributed by atoms with E-state index in [1.165, 1.54) is 18.3 Å². The minimum atomic E-state index is -1.65. The lowest BCUT2D eigenvalue weighted by molar-refractivity contribution is -0.157. The van der Waals surface area contributed by atoms with E-state index >= 15 is 0 Å². The summed E-state index contributed by atoms with van der Waals surface area (Å²) in [7, 11) is 1.12. The third-order valence-electron chi connectivity index (χ3n) is 1.80. The first-order chi connectivity index (χ1) is 7.06. The van der Waals surface area contributed by atoms with E-state index in [1.54, 1.807) is 0 Å². The summed E-state index contributed by atoms with van der Waals surface area (Å²) in [6.45, 7) is 0. The second-order valence-electron chi connectivity index (χ2n) is 2.81. The summed E-state index contributed by atoms with van der Waals surface area (Å²) in [4.78, 5) is 14.7. The third kappa shape index (κ3) is 2.89. The second kappa shape index (κ2) is 5.06. The van der Waals surface area contributed by atoms with E-state index in [4.69, 9.17) is 11.6 Å². The van der Waals surface area contributed by atoms with E-state index in [2.05, 4.69) is 9.72 Å². The summed E-state index contributed by atoms with van der Waals surface area (Å²) >= 11 is 5.59. The van der Waals surface area contributed by atoms with Gasteiger partial charge in [-0.15, -0.1) is 0 Å². The number of hydrogen-bond donors (Lipinski definition) is 2. The Hall–Kier alpha value is -1.17. The summed E-state index contributed by atoms with van der Waals surface area (Å²) in [6.07, 6.45) is -1.76. The molecule has 0 bridgehead atoms. The number of esters is 1. The van der Waals surface area contributed by atoms with Gasteiger partial charge in [-0.3, -0.25) is 4.98 Å². The Morgan fingerprint density at radius 3 is 2.67 bits per heavy atom. The van der Waals surface area contributed by atoms with Gasteiger partial charge in [0.05, 0.1) is 17.8 Å². The van der Waals surface area contributed by atoms with Gasteiger partial charge in [0.25, 0.3) is 0 Å². The number of aliphatic hydroxyl groups is 2. The topological polar surface area (TPSA) is 79.7 Å². The molecule has 0 amide bonds. The fourth-order valence-electron chi connectivity index (χ4n) is 0.974. The lowest BCUT2D eigenvalue weighted by atomic mass is 10.1. The van der Waals surface area contributed by atoms with E-state index in [0.717, 1.165) is 7.11 Å². The normalized spacial score (nSPS) is 14.4. The van der Waals surface area contributed by atoms with Gasteiger partial charge in [0.1, 0.15) is 6.10 Å². The van der Waals surface area contributed by atoms with Gasteiger partial charge in [0, 0.05) is 6.20 Å². The first-order valence-corrected chi connectivity index (χ1v) is 4.49. The number of ether oxygens (including phenoxy) is 1. The molecule has 2 N–H and O–H groups in total. The zero-order chi connectivity index (χ0) is 11.4. The number of halogens is 1. The van der Waals surface area contributed by atoms with Crippen LogP contribution in [0.5, 0.6) is 0 Å². The van der Waals surface area contributed by atoms with E-state index in [-0.39, 0.29) is 5.69 Å². The highest BCUT2D eigenvalue weighted by Gasteiger charge is 2.27. The van der Waals surface area contributed by atoms with Crippen LogP contribution in [0.3, 0.4) is 0 Å². The van der Waals surface area contributed by atoms with Crippen LogP contribution >= 0.6 is 11.6 Å². The number of pyridine rings is 1. The minimum Gasteiger partial charge on any atom is -0.467 e. The van der Waals surface area contributed by atoms with Crippen molar-refractivity contribution in [2.24, 2.45) is 0 Å². The van der Waals surface area contributed by atoms with Crippen molar-refractivity contribution in [1.29, 1.82) is 0 Å². The first kappa shape index (κ1) is 11.9. The summed E-state index contributed by atoms with van der Waals surface area (Å²) in [6, 6.07) is 2.91. The van der Waals surface area contributed by atoms with E-state index < -0.39 is 18.2 Å². The van der Waals surface area contributed by atoms with E-state index in [9.17, 15) is 15.0 Å². The van der Waals surface area contributed by atoms with Crippen molar-refractivity contribution in [1.82, 2.24) is 4.98 Å². The molecule has 2 atom stereocenters. The molecule has 6 heteroatoms. The zero-order valence-corrected chi connectivity index (χ0v) is 8.68. The summed E-state index contributed by atoms with van der Waals surface area (Å²) in [5.41, 5.74) is 0.150. The summed E-state index contributed by atoms with van der Waals surface area (Å²) in [5.74, 6) is -0.917. The van der Waals surface area contributed by atoms with Crippen molar-refractivity contribution in [3.05, 3.63) is 29.0 Å². The van der Waals surface area contributed by atoms with Crippen LogP contribution in [0.4, 0.5) is 0 Å². The van der Waals surface area contributed by atoms with Gasteiger partial charge < -0.3 is 14.9 Å². The van der Waals surface area contributed by atoms with Crippen LogP contribution in [0, 0.1) is 0 Å². The molecular formula is C9H10ClNO4. The SMILES string of the molecule is COC(=O)C(O)C(O)c1ccc(Cl)cn1.